The van der Waals surface area contributed by atoms with E-state index in [2.05, 4.69) is 15.5 Å². The van der Waals surface area contributed by atoms with Crippen LogP contribution in [0.25, 0.3) is 0 Å². The fraction of sp³-hybridized carbons (Fsp3) is 0.286. The third kappa shape index (κ3) is 6.65. The number of thioether (sulfide) groups is 1. The second-order valence-electron chi connectivity index (χ2n) is 6.50. The number of nitrogens with zero attached hydrogens (tertiary/aromatic N) is 3. The van der Waals surface area contributed by atoms with Gasteiger partial charge in [-0.15, -0.1) is 10.2 Å². The average molecular weight is 465 g/mol. The third-order valence-corrected chi connectivity index (χ3v) is 5.79. The van der Waals surface area contributed by atoms with Crippen molar-refractivity contribution in [2.24, 2.45) is 7.05 Å². The van der Waals surface area contributed by atoms with E-state index >= 15 is 0 Å². The lowest BCUT2D eigenvalue weighted by molar-refractivity contribution is -0.115. The number of carbonyl (C=O) groups is 1. The van der Waals surface area contributed by atoms with E-state index in [0.717, 1.165) is 29.5 Å². The molecule has 3 rings (SSSR count). The summed E-state index contributed by atoms with van der Waals surface area (Å²) in [7, 11) is 1.93. The molecule has 0 aliphatic heterocycles. The van der Waals surface area contributed by atoms with E-state index in [1.54, 1.807) is 18.2 Å². The molecule has 1 N–H and O–H groups in total. The zero-order valence-electron chi connectivity index (χ0n) is 16.5. The lowest BCUT2D eigenvalue weighted by Gasteiger charge is -2.08. The molecule has 1 amide bonds. The molecule has 0 radical (unpaired) electrons. The van der Waals surface area contributed by atoms with Crippen LogP contribution in [0.3, 0.4) is 0 Å². The van der Waals surface area contributed by atoms with Crippen LogP contribution in [0.4, 0.5) is 5.69 Å². The van der Waals surface area contributed by atoms with Crippen molar-refractivity contribution in [3.63, 3.8) is 0 Å². The van der Waals surface area contributed by atoms with Crippen molar-refractivity contribution in [1.29, 1.82) is 0 Å². The first-order chi connectivity index (χ1) is 14.5. The van der Waals surface area contributed by atoms with Gasteiger partial charge in [-0.1, -0.05) is 53.2 Å². The van der Waals surface area contributed by atoms with E-state index in [1.165, 1.54) is 11.8 Å². The summed E-state index contributed by atoms with van der Waals surface area (Å²) in [6, 6.07) is 14.6. The predicted molar refractivity (Wildman–Crippen MR) is 122 cm³/mol. The second-order valence-corrected chi connectivity index (χ2v) is 8.40. The van der Waals surface area contributed by atoms with Crippen molar-refractivity contribution in [2.45, 2.75) is 24.4 Å². The van der Waals surface area contributed by atoms with Gasteiger partial charge in [0.1, 0.15) is 11.6 Å². The Hall–Kier alpha value is -2.22. The Bertz CT molecular complexity index is 982. The molecule has 0 fully saturated rings. The summed E-state index contributed by atoms with van der Waals surface area (Å²) in [4.78, 5) is 12.0. The number of ether oxygens (including phenoxy) is 1. The van der Waals surface area contributed by atoms with Crippen molar-refractivity contribution >= 4 is 46.6 Å². The first-order valence-electron chi connectivity index (χ1n) is 9.47. The number of carbonyl (C=O) groups excluding carboxylic acids is 1. The Balaban J connectivity index is 1.39. The minimum absolute atomic E-state index is 0.0194. The predicted octanol–water partition coefficient (Wildman–Crippen LogP) is 5.25. The minimum Gasteiger partial charge on any atom is -0.492 e. The molecule has 1 aromatic heterocycles. The highest BCUT2D eigenvalue weighted by atomic mass is 35.5. The molecule has 0 saturated carbocycles. The Morgan fingerprint density at radius 1 is 1.17 bits per heavy atom. The Morgan fingerprint density at radius 2 is 1.97 bits per heavy atom. The lowest BCUT2D eigenvalue weighted by Crippen LogP contribution is -2.12. The van der Waals surface area contributed by atoms with E-state index in [4.69, 9.17) is 27.9 Å². The van der Waals surface area contributed by atoms with Gasteiger partial charge in [0.05, 0.1) is 11.6 Å². The van der Waals surface area contributed by atoms with Crippen LogP contribution in [0.1, 0.15) is 18.7 Å². The lowest BCUT2D eigenvalue weighted by atomic mass is 10.3. The van der Waals surface area contributed by atoms with Crippen LogP contribution in [0.15, 0.2) is 53.7 Å². The summed E-state index contributed by atoms with van der Waals surface area (Å²) < 4.78 is 7.66. The molecule has 2 aromatic carbocycles. The smallest absolute Gasteiger partial charge is 0.225 e. The SMILES string of the molecule is Cn1c(CCCOc2ccc(Cl)cc2Cl)nnc1SCCC(=O)Nc1ccccc1. The van der Waals surface area contributed by atoms with Gasteiger partial charge in [-0.2, -0.15) is 0 Å². The highest BCUT2D eigenvalue weighted by Gasteiger charge is 2.11. The van der Waals surface area contributed by atoms with E-state index in [0.29, 0.717) is 34.6 Å². The van der Waals surface area contributed by atoms with Crippen LogP contribution in [0, 0.1) is 0 Å². The number of hydrogen-bond donors (Lipinski definition) is 1. The number of aryl methyl sites for hydroxylation is 1. The number of anilines is 1. The zero-order chi connectivity index (χ0) is 21.3. The quantitative estimate of drug-likeness (QED) is 0.327. The number of halogens is 2. The van der Waals surface area contributed by atoms with Gasteiger partial charge in [0.15, 0.2) is 5.16 Å². The molecule has 3 aromatic rings. The van der Waals surface area contributed by atoms with Gasteiger partial charge in [0.25, 0.3) is 0 Å². The summed E-state index contributed by atoms with van der Waals surface area (Å²) in [5.41, 5.74) is 0.801. The number of aromatic nitrogens is 3. The highest BCUT2D eigenvalue weighted by Crippen LogP contribution is 2.27. The summed E-state index contributed by atoms with van der Waals surface area (Å²) in [6.07, 6.45) is 1.90. The minimum atomic E-state index is -0.0194. The summed E-state index contributed by atoms with van der Waals surface area (Å²) in [5.74, 6) is 2.10. The number of nitrogens with one attached hydrogen (secondary N) is 1. The number of hydrogen-bond acceptors (Lipinski definition) is 5. The van der Waals surface area contributed by atoms with E-state index in [9.17, 15) is 4.79 Å². The zero-order valence-corrected chi connectivity index (χ0v) is 18.8. The fourth-order valence-electron chi connectivity index (χ4n) is 2.67. The van der Waals surface area contributed by atoms with Crippen LogP contribution in [-0.4, -0.2) is 33.0 Å². The van der Waals surface area contributed by atoms with Crippen LogP contribution in [-0.2, 0) is 18.3 Å². The Kier molecular flexibility index (Phi) is 8.42. The van der Waals surface area contributed by atoms with E-state index in [1.807, 2.05) is 41.9 Å². The number of para-hydroxylation sites is 1. The number of rotatable bonds is 10. The van der Waals surface area contributed by atoms with Crippen molar-refractivity contribution < 1.29 is 9.53 Å². The molecular weight excluding hydrogens is 443 g/mol. The molecule has 1 heterocycles. The highest BCUT2D eigenvalue weighted by molar-refractivity contribution is 7.99. The van der Waals surface area contributed by atoms with Gasteiger partial charge in [0, 0.05) is 36.4 Å². The molecule has 9 heteroatoms. The van der Waals surface area contributed by atoms with Gasteiger partial charge >= 0.3 is 0 Å². The standard InChI is InChI=1S/C21H22Cl2N4O2S/c1-27-19(8-5-12-29-18-10-9-15(22)14-17(18)23)25-26-21(27)30-13-11-20(28)24-16-6-3-2-4-7-16/h2-4,6-7,9-10,14H,5,8,11-13H2,1H3,(H,24,28). The van der Waals surface area contributed by atoms with Crippen LogP contribution >= 0.6 is 35.0 Å². The normalized spacial score (nSPS) is 10.8. The number of benzene rings is 2. The molecular formula is C21H22Cl2N4O2S. The molecule has 0 spiro atoms. The third-order valence-electron chi connectivity index (χ3n) is 4.24. The average Bonchev–Trinajstić information content (AvgIpc) is 3.07. The van der Waals surface area contributed by atoms with Gasteiger partial charge < -0.3 is 14.6 Å². The van der Waals surface area contributed by atoms with Crippen molar-refractivity contribution in [3.05, 3.63) is 64.4 Å². The van der Waals surface area contributed by atoms with E-state index < -0.39 is 0 Å². The van der Waals surface area contributed by atoms with E-state index in [-0.39, 0.29) is 5.91 Å². The fourth-order valence-corrected chi connectivity index (χ4v) is 4.00. The van der Waals surface area contributed by atoms with Crippen molar-refractivity contribution in [2.75, 3.05) is 17.7 Å². The first kappa shape index (κ1) is 22.5. The first-order valence-corrected chi connectivity index (χ1v) is 11.2. The second kappa shape index (κ2) is 11.2. The molecule has 158 valence electrons. The van der Waals surface area contributed by atoms with Crippen LogP contribution in [0.2, 0.25) is 10.0 Å². The summed E-state index contributed by atoms with van der Waals surface area (Å²) in [6.45, 7) is 0.510. The monoisotopic (exact) mass is 464 g/mol. The summed E-state index contributed by atoms with van der Waals surface area (Å²) >= 11 is 13.5. The van der Waals surface area contributed by atoms with Gasteiger partial charge in [0.2, 0.25) is 5.91 Å². The Morgan fingerprint density at radius 3 is 2.73 bits per heavy atom. The topological polar surface area (TPSA) is 69.0 Å². The molecule has 0 atom stereocenters. The maximum absolute atomic E-state index is 12.0. The molecule has 0 aliphatic rings. The van der Waals surface area contributed by atoms with Crippen LogP contribution in [0.5, 0.6) is 5.75 Å². The molecule has 6 nitrogen and oxygen atoms in total. The molecule has 0 aliphatic carbocycles. The maximum atomic E-state index is 12.0. The van der Waals surface area contributed by atoms with Crippen molar-refractivity contribution in [3.8, 4) is 5.75 Å². The molecule has 30 heavy (non-hydrogen) atoms. The van der Waals surface area contributed by atoms with Gasteiger partial charge in [-0.25, -0.2) is 0 Å². The van der Waals surface area contributed by atoms with Gasteiger partial charge in [-0.3, -0.25) is 4.79 Å². The Labute approximate surface area is 189 Å². The summed E-state index contributed by atoms with van der Waals surface area (Å²) in [5, 5.41) is 13.2. The van der Waals surface area contributed by atoms with Gasteiger partial charge in [-0.05, 0) is 36.8 Å². The largest absolute Gasteiger partial charge is 0.492 e. The molecule has 0 bridgehead atoms. The maximum Gasteiger partial charge on any atom is 0.225 e. The van der Waals surface area contributed by atoms with Crippen molar-refractivity contribution in [1.82, 2.24) is 14.8 Å². The molecule has 0 saturated heterocycles. The molecule has 0 unspecified atom stereocenters. The number of amides is 1. The van der Waals surface area contributed by atoms with Crippen LogP contribution < -0.4 is 10.1 Å².